The molecule has 0 aromatic carbocycles. The number of nitrogens with zero attached hydrogens (tertiary/aromatic N) is 3. The Kier molecular flexibility index (Phi) is 2.69. The Morgan fingerprint density at radius 2 is 2.06 bits per heavy atom. The zero-order valence-electron chi connectivity index (χ0n) is 9.97. The van der Waals surface area contributed by atoms with Crippen molar-refractivity contribution in [3.8, 4) is 0 Å². The van der Waals surface area contributed by atoms with Crippen LogP contribution in [0.3, 0.4) is 0 Å². The Balaban J connectivity index is 2.41. The fourth-order valence-electron chi connectivity index (χ4n) is 1.80. The van der Waals surface area contributed by atoms with E-state index in [1.807, 2.05) is 4.68 Å². The van der Waals surface area contributed by atoms with Gasteiger partial charge in [-0.25, -0.2) is 4.68 Å². The van der Waals surface area contributed by atoms with Gasteiger partial charge in [0.25, 0.3) is 5.91 Å². The minimum atomic E-state index is -0.468. The first-order valence-electron chi connectivity index (χ1n) is 5.77. The fraction of sp³-hybridized carbons (Fsp3) is 0.727. The molecule has 16 heavy (non-hydrogen) atoms. The minimum Gasteiger partial charge on any atom is -0.364 e. The number of aromatic nitrogens is 3. The lowest BCUT2D eigenvalue weighted by molar-refractivity contribution is 0.0994. The van der Waals surface area contributed by atoms with Crippen LogP contribution in [0.2, 0.25) is 0 Å². The number of hydrogen-bond acceptors (Lipinski definition) is 3. The molecule has 88 valence electrons. The molecule has 5 nitrogen and oxygen atoms in total. The van der Waals surface area contributed by atoms with Crippen molar-refractivity contribution in [2.45, 2.75) is 45.6 Å². The average molecular weight is 222 g/mol. The molecule has 5 heteroatoms. The third kappa shape index (κ3) is 1.81. The van der Waals surface area contributed by atoms with Crippen molar-refractivity contribution in [2.75, 3.05) is 0 Å². The van der Waals surface area contributed by atoms with Gasteiger partial charge in [-0.1, -0.05) is 19.1 Å². The minimum absolute atomic E-state index is 0.246. The van der Waals surface area contributed by atoms with Crippen molar-refractivity contribution < 1.29 is 4.79 Å². The van der Waals surface area contributed by atoms with Gasteiger partial charge < -0.3 is 5.73 Å². The van der Waals surface area contributed by atoms with Crippen LogP contribution in [0.5, 0.6) is 0 Å². The molecule has 0 radical (unpaired) electrons. The van der Waals surface area contributed by atoms with E-state index < -0.39 is 5.91 Å². The molecule has 0 aliphatic heterocycles. The Hall–Kier alpha value is -1.39. The number of amides is 1. The summed E-state index contributed by atoms with van der Waals surface area (Å²) in [5, 5.41) is 8.00. The highest BCUT2D eigenvalue weighted by atomic mass is 16.1. The van der Waals surface area contributed by atoms with E-state index in [2.05, 4.69) is 31.1 Å². The van der Waals surface area contributed by atoms with Crippen LogP contribution in [0.1, 0.15) is 61.8 Å². The van der Waals surface area contributed by atoms with Crippen LogP contribution in [0.25, 0.3) is 0 Å². The van der Waals surface area contributed by atoms with E-state index in [-0.39, 0.29) is 6.04 Å². The molecular weight excluding hydrogens is 204 g/mol. The van der Waals surface area contributed by atoms with Gasteiger partial charge in [-0.3, -0.25) is 4.79 Å². The van der Waals surface area contributed by atoms with Gasteiger partial charge in [0.2, 0.25) is 0 Å². The van der Waals surface area contributed by atoms with Gasteiger partial charge >= 0.3 is 0 Å². The lowest BCUT2D eigenvalue weighted by Crippen LogP contribution is -2.18. The Morgan fingerprint density at radius 1 is 1.44 bits per heavy atom. The summed E-state index contributed by atoms with van der Waals surface area (Å²) >= 11 is 0. The molecule has 2 rings (SSSR count). The summed E-state index contributed by atoms with van der Waals surface area (Å²) < 4.78 is 1.88. The van der Waals surface area contributed by atoms with E-state index in [1.54, 1.807) is 0 Å². The molecule has 0 bridgehead atoms. The summed E-state index contributed by atoms with van der Waals surface area (Å²) in [5.41, 5.74) is 6.61. The predicted octanol–water partition coefficient (Wildman–Crippen LogP) is 1.47. The second-order valence-electron chi connectivity index (χ2n) is 4.89. The van der Waals surface area contributed by atoms with Crippen LogP contribution in [0.15, 0.2) is 0 Å². The maximum absolute atomic E-state index is 11.3. The summed E-state index contributed by atoms with van der Waals surface area (Å²) in [7, 11) is 0. The summed E-state index contributed by atoms with van der Waals surface area (Å²) in [4.78, 5) is 11.3. The third-order valence-electron chi connectivity index (χ3n) is 3.28. The third-order valence-corrected chi connectivity index (χ3v) is 3.28. The highest BCUT2D eigenvalue weighted by molar-refractivity contribution is 5.92. The summed E-state index contributed by atoms with van der Waals surface area (Å²) in [6.07, 6.45) is 2.22. The van der Waals surface area contributed by atoms with Crippen LogP contribution in [-0.2, 0) is 0 Å². The Bertz CT molecular complexity index is 406. The number of carbonyl (C=O) groups is 1. The SMILES string of the molecule is CC(C)C(C)n1nnc(C(N)=O)c1C1CC1. The van der Waals surface area contributed by atoms with E-state index in [0.717, 1.165) is 18.5 Å². The maximum Gasteiger partial charge on any atom is 0.271 e. The van der Waals surface area contributed by atoms with E-state index >= 15 is 0 Å². The first-order chi connectivity index (χ1) is 7.52. The van der Waals surface area contributed by atoms with Crippen LogP contribution in [-0.4, -0.2) is 20.9 Å². The van der Waals surface area contributed by atoms with Crippen LogP contribution in [0, 0.1) is 5.92 Å². The molecule has 2 N–H and O–H groups in total. The maximum atomic E-state index is 11.3. The fourth-order valence-corrected chi connectivity index (χ4v) is 1.80. The highest BCUT2D eigenvalue weighted by Crippen LogP contribution is 2.42. The molecule has 1 fully saturated rings. The van der Waals surface area contributed by atoms with Crippen molar-refractivity contribution in [2.24, 2.45) is 11.7 Å². The molecule has 0 saturated heterocycles. The van der Waals surface area contributed by atoms with Crippen molar-refractivity contribution in [3.63, 3.8) is 0 Å². The molecule has 1 aromatic rings. The average Bonchev–Trinajstić information content (AvgIpc) is 2.95. The van der Waals surface area contributed by atoms with Crippen molar-refractivity contribution in [3.05, 3.63) is 11.4 Å². The molecule has 1 atom stereocenters. The van der Waals surface area contributed by atoms with Crippen LogP contribution < -0.4 is 5.73 Å². The van der Waals surface area contributed by atoms with Gasteiger partial charge in [-0.15, -0.1) is 5.10 Å². The monoisotopic (exact) mass is 222 g/mol. The second kappa shape index (κ2) is 3.88. The summed E-state index contributed by atoms with van der Waals surface area (Å²) in [6, 6.07) is 0.246. The topological polar surface area (TPSA) is 73.8 Å². The smallest absolute Gasteiger partial charge is 0.271 e. The van der Waals surface area contributed by atoms with E-state index in [9.17, 15) is 4.79 Å². The Morgan fingerprint density at radius 3 is 2.50 bits per heavy atom. The van der Waals surface area contributed by atoms with Gasteiger partial charge in [0.1, 0.15) is 0 Å². The molecule has 1 heterocycles. The number of nitrogens with two attached hydrogens (primary N) is 1. The highest BCUT2D eigenvalue weighted by Gasteiger charge is 2.34. The number of hydrogen-bond donors (Lipinski definition) is 1. The Labute approximate surface area is 95.0 Å². The zero-order valence-corrected chi connectivity index (χ0v) is 9.97. The predicted molar refractivity (Wildman–Crippen MR) is 60.1 cm³/mol. The molecule has 1 aliphatic carbocycles. The van der Waals surface area contributed by atoms with Crippen molar-refractivity contribution in [1.29, 1.82) is 0 Å². The van der Waals surface area contributed by atoms with Gasteiger partial charge in [0, 0.05) is 5.92 Å². The number of rotatable bonds is 4. The van der Waals surface area contributed by atoms with E-state index in [0.29, 0.717) is 17.5 Å². The molecule has 1 saturated carbocycles. The molecule has 1 aliphatic rings. The van der Waals surface area contributed by atoms with Gasteiger partial charge in [0.05, 0.1) is 11.7 Å². The first-order valence-corrected chi connectivity index (χ1v) is 5.77. The zero-order chi connectivity index (χ0) is 11.9. The molecule has 1 unspecified atom stereocenters. The number of primary amides is 1. The van der Waals surface area contributed by atoms with Crippen molar-refractivity contribution in [1.82, 2.24) is 15.0 Å². The molecular formula is C11H18N4O. The van der Waals surface area contributed by atoms with Crippen LogP contribution in [0.4, 0.5) is 0 Å². The number of carbonyl (C=O) groups excluding carboxylic acids is 1. The summed E-state index contributed by atoms with van der Waals surface area (Å²) in [5.74, 6) is 0.419. The second-order valence-corrected chi connectivity index (χ2v) is 4.89. The van der Waals surface area contributed by atoms with Gasteiger partial charge in [-0.2, -0.15) is 0 Å². The summed E-state index contributed by atoms with van der Waals surface area (Å²) in [6.45, 7) is 6.36. The lowest BCUT2D eigenvalue weighted by Gasteiger charge is -2.18. The van der Waals surface area contributed by atoms with Crippen LogP contribution >= 0.6 is 0 Å². The normalized spacial score (nSPS) is 17.8. The van der Waals surface area contributed by atoms with E-state index in [1.165, 1.54) is 0 Å². The molecule has 1 aromatic heterocycles. The van der Waals surface area contributed by atoms with Crippen molar-refractivity contribution >= 4 is 5.91 Å². The standard InChI is InChI=1S/C11H18N4O/c1-6(2)7(3)15-10(8-4-5-8)9(11(12)16)13-14-15/h6-8H,4-5H2,1-3H3,(H2,12,16). The van der Waals surface area contributed by atoms with E-state index in [4.69, 9.17) is 5.73 Å². The lowest BCUT2D eigenvalue weighted by atomic mass is 10.1. The molecule has 0 spiro atoms. The quantitative estimate of drug-likeness (QED) is 0.838. The largest absolute Gasteiger partial charge is 0.364 e. The molecule has 1 amide bonds. The van der Waals surface area contributed by atoms with Gasteiger partial charge in [-0.05, 0) is 25.7 Å². The van der Waals surface area contributed by atoms with Gasteiger partial charge in [0.15, 0.2) is 5.69 Å². The first kappa shape index (κ1) is 11.1.